The van der Waals surface area contributed by atoms with Crippen LogP contribution in [0.15, 0.2) is 18.2 Å². The first-order valence-electron chi connectivity index (χ1n) is 8.21. The van der Waals surface area contributed by atoms with Crippen LogP contribution in [0.3, 0.4) is 0 Å². The van der Waals surface area contributed by atoms with Gasteiger partial charge >= 0.3 is 0 Å². The van der Waals surface area contributed by atoms with Gasteiger partial charge in [-0.25, -0.2) is 8.78 Å². The maximum absolute atomic E-state index is 13.7. The van der Waals surface area contributed by atoms with Crippen molar-refractivity contribution in [1.82, 2.24) is 14.7 Å². The van der Waals surface area contributed by atoms with Gasteiger partial charge < -0.3 is 0 Å². The number of nitrogens with zero attached hydrogens (tertiary/aromatic N) is 3. The molecule has 0 fully saturated rings. The Kier molecular flexibility index (Phi) is 4.23. The van der Waals surface area contributed by atoms with Crippen LogP contribution in [-0.2, 0) is 13.5 Å². The van der Waals surface area contributed by atoms with Gasteiger partial charge in [0.25, 0.3) is 0 Å². The molecule has 0 bridgehead atoms. The van der Waals surface area contributed by atoms with Crippen molar-refractivity contribution in [2.24, 2.45) is 7.05 Å². The van der Waals surface area contributed by atoms with Crippen molar-refractivity contribution >= 4 is 0 Å². The molecule has 124 valence electrons. The molecule has 0 saturated heterocycles. The van der Waals surface area contributed by atoms with Gasteiger partial charge in [0.05, 0.1) is 17.4 Å². The van der Waals surface area contributed by atoms with Crippen LogP contribution < -0.4 is 0 Å². The van der Waals surface area contributed by atoms with Crippen molar-refractivity contribution in [3.8, 4) is 11.3 Å². The number of fused-ring (bicyclic) bond motifs is 1. The highest BCUT2D eigenvalue weighted by molar-refractivity contribution is 5.65. The van der Waals surface area contributed by atoms with Crippen molar-refractivity contribution in [2.45, 2.75) is 45.2 Å². The van der Waals surface area contributed by atoms with Crippen LogP contribution in [0.4, 0.5) is 8.78 Å². The van der Waals surface area contributed by atoms with E-state index in [2.05, 4.69) is 25.8 Å². The highest BCUT2D eigenvalue weighted by Gasteiger charge is 2.34. The minimum absolute atomic E-state index is 0.272. The van der Waals surface area contributed by atoms with Crippen molar-refractivity contribution in [2.75, 3.05) is 7.05 Å². The van der Waals surface area contributed by atoms with Crippen LogP contribution in [0.2, 0.25) is 0 Å². The number of hydrogen-bond donors (Lipinski definition) is 0. The molecule has 0 saturated carbocycles. The van der Waals surface area contributed by atoms with E-state index in [1.54, 1.807) is 6.07 Å². The fourth-order valence-electron chi connectivity index (χ4n) is 3.80. The van der Waals surface area contributed by atoms with Gasteiger partial charge in [-0.2, -0.15) is 5.10 Å². The average Bonchev–Trinajstić information content (AvgIpc) is 2.85. The molecule has 2 unspecified atom stereocenters. The molecule has 3 rings (SSSR count). The smallest absolute Gasteiger partial charge is 0.159 e. The molecule has 0 aliphatic carbocycles. The summed E-state index contributed by atoms with van der Waals surface area (Å²) in [5.41, 5.74) is 3.84. The fourth-order valence-corrected chi connectivity index (χ4v) is 3.80. The summed E-state index contributed by atoms with van der Waals surface area (Å²) in [6.07, 6.45) is 2.92. The Morgan fingerprint density at radius 2 is 1.87 bits per heavy atom. The molecule has 0 spiro atoms. The predicted molar refractivity (Wildman–Crippen MR) is 87.1 cm³/mol. The summed E-state index contributed by atoms with van der Waals surface area (Å²) in [6.45, 7) is 4.35. The highest BCUT2D eigenvalue weighted by Crippen LogP contribution is 2.39. The fraction of sp³-hybridized carbons (Fsp3) is 0.500. The molecule has 0 N–H and O–H groups in total. The predicted octanol–water partition coefficient (Wildman–Crippen LogP) is 4.08. The van der Waals surface area contributed by atoms with Crippen molar-refractivity contribution < 1.29 is 8.78 Å². The minimum Gasteiger partial charge on any atom is -0.294 e. The second-order valence-corrected chi connectivity index (χ2v) is 6.32. The SMILES string of the molecule is CCC1Cc2c(nn(C)c2-c2ccc(F)c(F)c2)C(CC)N1C. The molecule has 5 heteroatoms. The number of halogens is 2. The third-order valence-corrected chi connectivity index (χ3v) is 5.05. The quantitative estimate of drug-likeness (QED) is 0.850. The number of aryl methyl sites for hydroxylation is 1. The third kappa shape index (κ3) is 2.57. The molecular weight excluding hydrogens is 296 g/mol. The van der Waals surface area contributed by atoms with Gasteiger partial charge in [-0.15, -0.1) is 0 Å². The Morgan fingerprint density at radius 3 is 2.48 bits per heavy atom. The van der Waals surface area contributed by atoms with E-state index in [4.69, 9.17) is 5.10 Å². The zero-order valence-corrected chi connectivity index (χ0v) is 14.1. The lowest BCUT2D eigenvalue weighted by molar-refractivity contribution is 0.143. The third-order valence-electron chi connectivity index (χ3n) is 5.05. The number of hydrogen-bond acceptors (Lipinski definition) is 2. The Bertz CT molecular complexity index is 723. The molecule has 23 heavy (non-hydrogen) atoms. The van der Waals surface area contributed by atoms with Gasteiger partial charge in [-0.1, -0.05) is 13.8 Å². The standard InChI is InChI=1S/C18H23F2N3/c1-5-12-10-13-17(16(6-2)22(12)3)21-23(4)18(13)11-7-8-14(19)15(20)9-11/h7-9,12,16H,5-6,10H2,1-4H3. The van der Waals surface area contributed by atoms with Crippen molar-refractivity contribution in [3.05, 3.63) is 41.1 Å². The molecule has 1 aromatic heterocycles. The maximum Gasteiger partial charge on any atom is 0.159 e. The van der Waals surface area contributed by atoms with E-state index < -0.39 is 11.6 Å². The topological polar surface area (TPSA) is 21.1 Å². The summed E-state index contributed by atoms with van der Waals surface area (Å²) in [6, 6.07) is 4.81. The molecule has 1 aliphatic rings. The van der Waals surface area contributed by atoms with Crippen LogP contribution in [0.1, 0.15) is 44.0 Å². The molecular formula is C18H23F2N3. The highest BCUT2D eigenvalue weighted by atomic mass is 19.2. The number of benzene rings is 1. The van der Waals surface area contributed by atoms with Gasteiger partial charge in [-0.3, -0.25) is 9.58 Å². The molecule has 1 aliphatic heterocycles. The molecule has 2 heterocycles. The van der Waals surface area contributed by atoms with Crippen LogP contribution >= 0.6 is 0 Å². The summed E-state index contributed by atoms with van der Waals surface area (Å²) in [5, 5.41) is 4.71. The Balaban J connectivity index is 2.15. The lowest BCUT2D eigenvalue weighted by Crippen LogP contribution is -2.40. The van der Waals surface area contributed by atoms with E-state index in [-0.39, 0.29) is 6.04 Å². The summed E-state index contributed by atoms with van der Waals surface area (Å²) >= 11 is 0. The molecule has 2 atom stereocenters. The summed E-state index contributed by atoms with van der Waals surface area (Å²) in [7, 11) is 4.03. The van der Waals surface area contributed by atoms with E-state index in [0.717, 1.165) is 30.7 Å². The summed E-state index contributed by atoms with van der Waals surface area (Å²) in [5.74, 6) is -1.63. The van der Waals surface area contributed by atoms with Gasteiger partial charge in [0.15, 0.2) is 11.6 Å². The first kappa shape index (κ1) is 16.1. The van der Waals surface area contributed by atoms with E-state index >= 15 is 0 Å². The Morgan fingerprint density at radius 1 is 1.13 bits per heavy atom. The van der Waals surface area contributed by atoms with Gasteiger partial charge in [0.2, 0.25) is 0 Å². The average molecular weight is 319 g/mol. The van der Waals surface area contributed by atoms with Crippen LogP contribution in [-0.4, -0.2) is 27.8 Å². The second kappa shape index (κ2) is 6.04. The molecule has 0 amide bonds. The summed E-state index contributed by atoms with van der Waals surface area (Å²) in [4.78, 5) is 2.39. The number of likely N-dealkylation sites (N-methyl/N-ethyl adjacent to an activating group) is 1. The number of aromatic nitrogens is 2. The van der Waals surface area contributed by atoms with Gasteiger partial charge in [-0.05, 0) is 44.5 Å². The lowest BCUT2D eigenvalue weighted by Gasteiger charge is -2.38. The largest absolute Gasteiger partial charge is 0.294 e. The molecule has 2 aromatic rings. The van der Waals surface area contributed by atoms with Gasteiger partial charge in [0.1, 0.15) is 0 Å². The van der Waals surface area contributed by atoms with Gasteiger partial charge in [0, 0.05) is 24.2 Å². The number of rotatable bonds is 3. The Hall–Kier alpha value is -1.75. The van der Waals surface area contributed by atoms with E-state index in [9.17, 15) is 8.78 Å². The Labute approximate surface area is 135 Å². The zero-order chi connectivity index (χ0) is 16.7. The molecule has 0 radical (unpaired) electrons. The lowest BCUT2D eigenvalue weighted by atomic mass is 9.88. The first-order chi connectivity index (χ1) is 11.0. The van der Waals surface area contributed by atoms with E-state index in [1.165, 1.54) is 17.7 Å². The van der Waals surface area contributed by atoms with E-state index in [1.807, 2.05) is 11.7 Å². The van der Waals surface area contributed by atoms with Crippen LogP contribution in [0.5, 0.6) is 0 Å². The normalized spacial score (nSPS) is 21.5. The molecule has 3 nitrogen and oxygen atoms in total. The van der Waals surface area contributed by atoms with Crippen LogP contribution in [0.25, 0.3) is 11.3 Å². The second-order valence-electron chi connectivity index (χ2n) is 6.32. The summed E-state index contributed by atoms with van der Waals surface area (Å²) < 4.78 is 28.7. The van der Waals surface area contributed by atoms with Crippen molar-refractivity contribution in [1.29, 1.82) is 0 Å². The minimum atomic E-state index is -0.817. The maximum atomic E-state index is 13.7. The molecule has 1 aromatic carbocycles. The first-order valence-corrected chi connectivity index (χ1v) is 8.21. The zero-order valence-electron chi connectivity index (χ0n) is 14.1. The van der Waals surface area contributed by atoms with E-state index in [0.29, 0.717) is 11.6 Å². The van der Waals surface area contributed by atoms with Crippen molar-refractivity contribution in [3.63, 3.8) is 0 Å². The van der Waals surface area contributed by atoms with Crippen LogP contribution in [0, 0.1) is 11.6 Å². The monoisotopic (exact) mass is 319 g/mol.